The Bertz CT molecular complexity index is 1160. The van der Waals surface area contributed by atoms with Gasteiger partial charge in [-0.05, 0) is 69.7 Å². The molecule has 33 heavy (non-hydrogen) atoms. The van der Waals surface area contributed by atoms with E-state index in [4.69, 9.17) is 9.15 Å². The van der Waals surface area contributed by atoms with Crippen molar-refractivity contribution >= 4 is 23.4 Å². The molecule has 7 heteroatoms. The van der Waals surface area contributed by atoms with E-state index >= 15 is 0 Å². The van der Waals surface area contributed by atoms with Gasteiger partial charge in [0, 0.05) is 17.7 Å². The van der Waals surface area contributed by atoms with Gasteiger partial charge < -0.3 is 9.15 Å². The van der Waals surface area contributed by atoms with Gasteiger partial charge in [0.05, 0.1) is 12.0 Å². The molecule has 0 aliphatic carbocycles. The summed E-state index contributed by atoms with van der Waals surface area (Å²) in [6, 6.07) is 18.1. The van der Waals surface area contributed by atoms with Crippen LogP contribution in [0.1, 0.15) is 60.5 Å². The summed E-state index contributed by atoms with van der Waals surface area (Å²) in [5, 5.41) is 8.87. The second-order valence-corrected chi connectivity index (χ2v) is 9.00. The number of carbonyl (C=O) groups is 2. The number of furan rings is 1. The predicted octanol–water partition coefficient (Wildman–Crippen LogP) is 5.93. The SMILES string of the molecule is Cc1ccc(C(=O)N2N=C(c3ccc(NC(=O)OC(C)(C)C)cc3)CC2c2ccco2)cc1. The number of ether oxygens (including phenoxy) is 1. The van der Waals surface area contributed by atoms with Gasteiger partial charge in [-0.3, -0.25) is 10.1 Å². The zero-order valence-electron chi connectivity index (χ0n) is 19.2. The Labute approximate surface area is 193 Å². The van der Waals surface area contributed by atoms with Crippen LogP contribution in [0.25, 0.3) is 0 Å². The summed E-state index contributed by atoms with van der Waals surface area (Å²) in [6.45, 7) is 7.42. The van der Waals surface area contributed by atoms with E-state index in [9.17, 15) is 9.59 Å². The smallest absolute Gasteiger partial charge is 0.412 e. The molecule has 0 radical (unpaired) electrons. The van der Waals surface area contributed by atoms with E-state index in [0.717, 1.165) is 16.8 Å². The maximum Gasteiger partial charge on any atom is 0.412 e. The molecule has 1 atom stereocenters. The van der Waals surface area contributed by atoms with Gasteiger partial charge in [0.25, 0.3) is 5.91 Å². The molecule has 2 heterocycles. The number of rotatable bonds is 4. The zero-order chi connectivity index (χ0) is 23.6. The van der Waals surface area contributed by atoms with Gasteiger partial charge in [-0.15, -0.1) is 0 Å². The van der Waals surface area contributed by atoms with Crippen LogP contribution >= 0.6 is 0 Å². The number of carbonyl (C=O) groups excluding carboxylic acids is 2. The lowest BCUT2D eigenvalue weighted by Crippen LogP contribution is -2.27. The Balaban J connectivity index is 1.56. The first-order valence-corrected chi connectivity index (χ1v) is 10.8. The summed E-state index contributed by atoms with van der Waals surface area (Å²) >= 11 is 0. The number of hydrogen-bond acceptors (Lipinski definition) is 5. The molecular formula is C26H27N3O4. The minimum absolute atomic E-state index is 0.186. The highest BCUT2D eigenvalue weighted by Gasteiger charge is 2.35. The van der Waals surface area contributed by atoms with E-state index in [1.54, 1.807) is 24.5 Å². The molecule has 7 nitrogen and oxygen atoms in total. The highest BCUT2D eigenvalue weighted by molar-refractivity contribution is 6.05. The molecule has 0 saturated carbocycles. The number of amides is 2. The Morgan fingerprint density at radius 1 is 1.06 bits per heavy atom. The minimum Gasteiger partial charge on any atom is -0.467 e. The van der Waals surface area contributed by atoms with Crippen molar-refractivity contribution in [2.24, 2.45) is 5.10 Å². The van der Waals surface area contributed by atoms with Crippen molar-refractivity contribution in [3.8, 4) is 0 Å². The Morgan fingerprint density at radius 2 is 1.76 bits per heavy atom. The lowest BCUT2D eigenvalue weighted by Gasteiger charge is -2.20. The summed E-state index contributed by atoms with van der Waals surface area (Å²) in [4.78, 5) is 25.3. The number of nitrogens with zero attached hydrogens (tertiary/aromatic N) is 2. The van der Waals surface area contributed by atoms with Gasteiger partial charge in [-0.2, -0.15) is 5.10 Å². The second kappa shape index (κ2) is 8.94. The first kappa shape index (κ1) is 22.3. The molecule has 0 spiro atoms. The maximum atomic E-state index is 13.2. The van der Waals surface area contributed by atoms with Crippen LogP contribution in [0.5, 0.6) is 0 Å². The van der Waals surface area contributed by atoms with Crippen LogP contribution in [0.2, 0.25) is 0 Å². The Hall–Kier alpha value is -3.87. The number of anilines is 1. The van der Waals surface area contributed by atoms with Gasteiger partial charge in [-0.25, -0.2) is 9.80 Å². The van der Waals surface area contributed by atoms with Crippen molar-refractivity contribution in [2.45, 2.75) is 45.8 Å². The normalized spacial score (nSPS) is 15.8. The highest BCUT2D eigenvalue weighted by Crippen LogP contribution is 2.34. The quantitative estimate of drug-likeness (QED) is 0.540. The molecule has 1 aromatic heterocycles. The van der Waals surface area contributed by atoms with Gasteiger partial charge in [-0.1, -0.05) is 29.8 Å². The van der Waals surface area contributed by atoms with E-state index < -0.39 is 11.7 Å². The molecule has 0 fully saturated rings. The second-order valence-electron chi connectivity index (χ2n) is 9.00. The van der Waals surface area contributed by atoms with Crippen LogP contribution in [0.4, 0.5) is 10.5 Å². The molecule has 1 unspecified atom stereocenters. The lowest BCUT2D eigenvalue weighted by molar-refractivity contribution is 0.0634. The largest absolute Gasteiger partial charge is 0.467 e. The molecule has 170 valence electrons. The van der Waals surface area contributed by atoms with Crippen molar-refractivity contribution < 1.29 is 18.7 Å². The van der Waals surface area contributed by atoms with Crippen LogP contribution < -0.4 is 5.32 Å². The van der Waals surface area contributed by atoms with E-state index in [0.29, 0.717) is 23.4 Å². The number of nitrogens with one attached hydrogen (secondary N) is 1. The van der Waals surface area contributed by atoms with E-state index in [2.05, 4.69) is 10.4 Å². The number of aryl methyl sites for hydroxylation is 1. The fourth-order valence-electron chi connectivity index (χ4n) is 3.57. The molecule has 1 aliphatic rings. The molecule has 4 rings (SSSR count). The van der Waals surface area contributed by atoms with Crippen molar-refractivity contribution in [3.05, 3.63) is 89.4 Å². The van der Waals surface area contributed by atoms with Crippen molar-refractivity contribution in [2.75, 3.05) is 5.32 Å². The molecule has 1 N–H and O–H groups in total. The summed E-state index contributed by atoms with van der Waals surface area (Å²) in [6.07, 6.45) is 1.60. The van der Waals surface area contributed by atoms with Crippen molar-refractivity contribution in [1.82, 2.24) is 5.01 Å². The van der Waals surface area contributed by atoms with Gasteiger partial charge in [0.2, 0.25) is 0 Å². The third kappa shape index (κ3) is 5.31. The van der Waals surface area contributed by atoms with Gasteiger partial charge >= 0.3 is 6.09 Å². The van der Waals surface area contributed by atoms with E-state index in [1.807, 2.05) is 70.2 Å². The van der Waals surface area contributed by atoms with E-state index in [-0.39, 0.29) is 11.9 Å². The standard InChI is InChI=1S/C26H27N3O4/c1-17-7-9-19(10-8-17)24(30)29-22(23-6-5-15-32-23)16-21(28-29)18-11-13-20(14-12-18)27-25(31)33-26(2,3)4/h5-15,22H,16H2,1-4H3,(H,27,31). The van der Waals surface area contributed by atoms with Crippen LogP contribution in [-0.2, 0) is 4.74 Å². The molecule has 0 bridgehead atoms. The zero-order valence-corrected chi connectivity index (χ0v) is 19.2. The fraction of sp³-hybridized carbons (Fsp3) is 0.269. The molecule has 1 aliphatic heterocycles. The summed E-state index contributed by atoms with van der Waals surface area (Å²) in [5.41, 5.74) is 3.32. The number of hydrogen-bond donors (Lipinski definition) is 1. The van der Waals surface area contributed by atoms with Gasteiger partial charge in [0.1, 0.15) is 17.4 Å². The Morgan fingerprint density at radius 3 is 2.36 bits per heavy atom. The molecule has 2 amide bonds. The maximum absolute atomic E-state index is 13.2. The number of benzene rings is 2. The topological polar surface area (TPSA) is 84.1 Å². The van der Waals surface area contributed by atoms with Gasteiger partial charge in [0.15, 0.2) is 0 Å². The minimum atomic E-state index is -0.573. The molecule has 3 aromatic rings. The molecule has 0 saturated heterocycles. The average Bonchev–Trinajstić information content (AvgIpc) is 3.43. The summed E-state index contributed by atoms with van der Waals surface area (Å²) < 4.78 is 10.9. The number of hydrazone groups is 1. The first-order chi connectivity index (χ1) is 15.7. The third-order valence-corrected chi connectivity index (χ3v) is 5.15. The van der Waals surface area contributed by atoms with E-state index in [1.165, 1.54) is 5.01 Å². The van der Waals surface area contributed by atoms with Crippen molar-refractivity contribution in [1.29, 1.82) is 0 Å². The third-order valence-electron chi connectivity index (χ3n) is 5.15. The highest BCUT2D eigenvalue weighted by atomic mass is 16.6. The average molecular weight is 446 g/mol. The summed E-state index contributed by atoms with van der Waals surface area (Å²) in [7, 11) is 0. The fourth-order valence-corrected chi connectivity index (χ4v) is 3.57. The Kier molecular flexibility index (Phi) is 6.05. The van der Waals surface area contributed by atoms with Crippen LogP contribution in [0.15, 0.2) is 76.4 Å². The predicted molar refractivity (Wildman–Crippen MR) is 126 cm³/mol. The van der Waals surface area contributed by atoms with Crippen LogP contribution in [0, 0.1) is 6.92 Å². The van der Waals surface area contributed by atoms with Crippen LogP contribution in [0.3, 0.4) is 0 Å². The van der Waals surface area contributed by atoms with Crippen molar-refractivity contribution in [3.63, 3.8) is 0 Å². The monoisotopic (exact) mass is 445 g/mol. The lowest BCUT2D eigenvalue weighted by atomic mass is 10.0. The summed E-state index contributed by atoms with van der Waals surface area (Å²) in [5.74, 6) is 0.493. The molecule has 2 aromatic carbocycles. The first-order valence-electron chi connectivity index (χ1n) is 10.8. The molecular weight excluding hydrogens is 418 g/mol. The van der Waals surface area contributed by atoms with Crippen LogP contribution in [-0.4, -0.2) is 28.3 Å².